The Labute approximate surface area is 195 Å². The molecule has 0 radical (unpaired) electrons. The first-order chi connectivity index (χ1) is 15.2. The van der Waals surface area contributed by atoms with Gasteiger partial charge in [0, 0.05) is 0 Å². The van der Waals surface area contributed by atoms with E-state index in [1.165, 1.54) is 23.8 Å². The molecule has 1 aliphatic heterocycles. The first-order valence-electron chi connectivity index (χ1n) is 10.8. The van der Waals surface area contributed by atoms with Crippen LogP contribution in [0.15, 0.2) is 35.2 Å². The summed E-state index contributed by atoms with van der Waals surface area (Å²) in [6, 6.07) is 7.80. The third-order valence-corrected chi connectivity index (χ3v) is 7.59. The monoisotopic (exact) mass is 473 g/mol. The second kappa shape index (κ2) is 7.76. The van der Waals surface area contributed by atoms with Crippen LogP contribution in [0.5, 0.6) is 0 Å². The highest BCUT2D eigenvalue weighted by molar-refractivity contribution is 8.18. The molecule has 0 bridgehead atoms. The number of nitrogens with one attached hydrogen (secondary N) is 1. The number of halogens is 3. The molecular formula is C26H26F3NO2S. The summed E-state index contributed by atoms with van der Waals surface area (Å²) in [4.78, 5) is 23.5. The van der Waals surface area contributed by atoms with Gasteiger partial charge in [0.05, 0.1) is 10.5 Å². The standard InChI is InChI=1S/C26H26F3NO2S/c1-14-10-19-20(25(4,5)9-8-24(19,2)3)13-16(14)17-11-15(6-7-18(17)26(27,28)29)12-21-22(31)30-23(32)33-21/h6-7,10-13H,8-9H2,1-5H3,(H,30,31,32)/b21-12+. The van der Waals surface area contributed by atoms with Crippen LogP contribution in [0, 0.1) is 6.92 Å². The number of benzene rings is 2. The molecule has 7 heteroatoms. The number of carbonyl (C=O) groups is 2. The van der Waals surface area contributed by atoms with Crippen molar-refractivity contribution < 1.29 is 22.8 Å². The van der Waals surface area contributed by atoms with E-state index in [0.717, 1.165) is 41.8 Å². The zero-order valence-corrected chi connectivity index (χ0v) is 20.1. The molecule has 2 amide bonds. The van der Waals surface area contributed by atoms with Crippen LogP contribution in [-0.2, 0) is 21.8 Å². The Morgan fingerprint density at radius 3 is 2.09 bits per heavy atom. The van der Waals surface area contributed by atoms with Gasteiger partial charge in [0.1, 0.15) is 0 Å². The molecule has 1 heterocycles. The minimum absolute atomic E-state index is 0.0487. The molecule has 0 atom stereocenters. The third-order valence-electron chi connectivity index (χ3n) is 6.78. The SMILES string of the molecule is Cc1cc2c(cc1-c1cc(/C=C3/SC(=O)NC3=O)ccc1C(F)(F)F)C(C)(C)CCC2(C)C. The molecule has 2 aromatic rings. The van der Waals surface area contributed by atoms with Crippen molar-refractivity contribution in [3.05, 3.63) is 63.1 Å². The maximum Gasteiger partial charge on any atom is 0.417 e. The number of rotatable bonds is 2. The smallest absolute Gasteiger partial charge is 0.282 e. The van der Waals surface area contributed by atoms with Crippen molar-refractivity contribution in [1.82, 2.24) is 5.32 Å². The molecule has 2 aromatic carbocycles. The van der Waals surface area contributed by atoms with Gasteiger partial charge in [0.25, 0.3) is 11.1 Å². The first-order valence-corrected chi connectivity index (χ1v) is 11.6. The summed E-state index contributed by atoms with van der Waals surface area (Å²) in [5, 5.41) is 1.67. The molecule has 0 saturated carbocycles. The van der Waals surface area contributed by atoms with Crippen LogP contribution >= 0.6 is 11.8 Å². The van der Waals surface area contributed by atoms with E-state index >= 15 is 0 Å². The lowest BCUT2D eigenvalue weighted by atomic mass is 9.62. The van der Waals surface area contributed by atoms with Crippen molar-refractivity contribution in [3.63, 3.8) is 0 Å². The van der Waals surface area contributed by atoms with Crippen molar-refractivity contribution >= 4 is 29.0 Å². The van der Waals surface area contributed by atoms with Crippen molar-refractivity contribution in [2.45, 2.75) is 64.5 Å². The van der Waals surface area contributed by atoms with E-state index in [0.29, 0.717) is 11.1 Å². The van der Waals surface area contributed by atoms with Gasteiger partial charge in [-0.3, -0.25) is 14.9 Å². The predicted octanol–water partition coefficient (Wildman–Crippen LogP) is 7.35. The molecule has 174 valence electrons. The van der Waals surface area contributed by atoms with Crippen molar-refractivity contribution in [3.8, 4) is 11.1 Å². The van der Waals surface area contributed by atoms with E-state index in [1.807, 2.05) is 19.1 Å². The Hall–Kier alpha value is -2.54. The molecule has 1 saturated heterocycles. The molecule has 0 unspecified atom stereocenters. The molecule has 0 aromatic heterocycles. The Morgan fingerprint density at radius 1 is 0.939 bits per heavy atom. The number of amides is 2. The third kappa shape index (κ3) is 4.35. The number of fused-ring (bicyclic) bond motifs is 1. The van der Waals surface area contributed by atoms with E-state index in [9.17, 15) is 22.8 Å². The van der Waals surface area contributed by atoms with Gasteiger partial charge in [-0.15, -0.1) is 0 Å². The Morgan fingerprint density at radius 2 is 1.55 bits per heavy atom. The molecule has 4 rings (SSSR count). The zero-order valence-electron chi connectivity index (χ0n) is 19.2. The van der Waals surface area contributed by atoms with Gasteiger partial charge in [0.2, 0.25) is 0 Å². The molecule has 33 heavy (non-hydrogen) atoms. The second-order valence-electron chi connectivity index (χ2n) is 10.1. The normalized spacial score (nSPS) is 20.7. The van der Waals surface area contributed by atoms with Crippen LogP contribution in [0.4, 0.5) is 18.0 Å². The fraction of sp³-hybridized carbons (Fsp3) is 0.385. The van der Waals surface area contributed by atoms with Crippen molar-refractivity contribution in [2.75, 3.05) is 0 Å². The zero-order chi connectivity index (χ0) is 24.3. The highest BCUT2D eigenvalue weighted by Gasteiger charge is 2.39. The van der Waals surface area contributed by atoms with Gasteiger partial charge in [0.15, 0.2) is 0 Å². The van der Waals surface area contributed by atoms with Gasteiger partial charge in [-0.25, -0.2) is 0 Å². The highest BCUT2D eigenvalue weighted by atomic mass is 32.2. The molecule has 1 aliphatic carbocycles. The predicted molar refractivity (Wildman–Crippen MR) is 126 cm³/mol. The average molecular weight is 474 g/mol. The Bertz CT molecular complexity index is 1210. The summed E-state index contributed by atoms with van der Waals surface area (Å²) in [5.74, 6) is -0.541. The summed E-state index contributed by atoms with van der Waals surface area (Å²) in [7, 11) is 0. The number of thioether (sulfide) groups is 1. The van der Waals surface area contributed by atoms with Crippen LogP contribution in [-0.4, -0.2) is 11.1 Å². The number of imide groups is 1. The first kappa shape index (κ1) is 23.6. The molecule has 3 nitrogen and oxygen atoms in total. The van der Waals surface area contributed by atoms with Crippen LogP contribution in [0.25, 0.3) is 17.2 Å². The molecule has 1 fully saturated rings. The number of hydrogen-bond donors (Lipinski definition) is 1. The van der Waals surface area contributed by atoms with E-state index in [4.69, 9.17) is 0 Å². The van der Waals surface area contributed by atoms with Gasteiger partial charge in [-0.2, -0.15) is 13.2 Å². The number of alkyl halides is 3. The van der Waals surface area contributed by atoms with Crippen LogP contribution in [0.3, 0.4) is 0 Å². The Kier molecular flexibility index (Phi) is 5.55. The topological polar surface area (TPSA) is 46.2 Å². The van der Waals surface area contributed by atoms with E-state index in [-0.39, 0.29) is 21.3 Å². The summed E-state index contributed by atoms with van der Waals surface area (Å²) in [6.45, 7) is 10.5. The highest BCUT2D eigenvalue weighted by Crippen LogP contribution is 2.49. The van der Waals surface area contributed by atoms with Crippen LogP contribution in [0.1, 0.15) is 68.4 Å². The quantitative estimate of drug-likeness (QED) is 0.464. The Balaban J connectivity index is 1.93. The summed E-state index contributed by atoms with van der Waals surface area (Å²) in [5.41, 5.74) is 3.16. The van der Waals surface area contributed by atoms with Gasteiger partial charge >= 0.3 is 6.18 Å². The second-order valence-corrected chi connectivity index (χ2v) is 11.2. The maximum atomic E-state index is 14.0. The van der Waals surface area contributed by atoms with E-state index < -0.39 is 22.9 Å². The fourth-order valence-corrected chi connectivity index (χ4v) is 5.39. The van der Waals surface area contributed by atoms with Crippen LogP contribution in [0.2, 0.25) is 0 Å². The van der Waals surface area contributed by atoms with Gasteiger partial charge in [-0.1, -0.05) is 45.9 Å². The van der Waals surface area contributed by atoms with Crippen molar-refractivity contribution in [2.24, 2.45) is 0 Å². The average Bonchev–Trinajstić information content (AvgIpc) is 3.01. The van der Waals surface area contributed by atoms with Gasteiger partial charge in [-0.05, 0) is 93.9 Å². The molecule has 0 spiro atoms. The largest absolute Gasteiger partial charge is 0.417 e. The lowest BCUT2D eigenvalue weighted by molar-refractivity contribution is -0.137. The number of aryl methyl sites for hydroxylation is 1. The minimum atomic E-state index is -4.53. The number of hydrogen-bond acceptors (Lipinski definition) is 3. The number of carbonyl (C=O) groups excluding carboxylic acids is 2. The van der Waals surface area contributed by atoms with E-state index in [2.05, 4.69) is 33.0 Å². The lowest BCUT2D eigenvalue weighted by Gasteiger charge is -2.42. The summed E-state index contributed by atoms with van der Waals surface area (Å²) >= 11 is 0.740. The lowest BCUT2D eigenvalue weighted by Crippen LogP contribution is -2.34. The molecule has 2 aliphatic rings. The van der Waals surface area contributed by atoms with E-state index in [1.54, 1.807) is 0 Å². The van der Waals surface area contributed by atoms with Gasteiger partial charge < -0.3 is 0 Å². The fourth-order valence-electron chi connectivity index (χ4n) is 4.71. The summed E-state index contributed by atoms with van der Waals surface area (Å²) in [6.07, 6.45) is -1.11. The minimum Gasteiger partial charge on any atom is -0.282 e. The molecule has 1 N–H and O–H groups in total. The summed E-state index contributed by atoms with van der Waals surface area (Å²) < 4.78 is 42.0. The van der Waals surface area contributed by atoms with Crippen molar-refractivity contribution in [1.29, 1.82) is 0 Å². The van der Waals surface area contributed by atoms with Crippen LogP contribution < -0.4 is 5.32 Å². The molecular weight excluding hydrogens is 447 g/mol. The maximum absolute atomic E-state index is 14.0.